The highest BCUT2D eigenvalue weighted by atomic mass is 32.2. The van der Waals surface area contributed by atoms with Gasteiger partial charge in [0.05, 0.1) is 11.0 Å². The molecule has 0 radical (unpaired) electrons. The van der Waals surface area contributed by atoms with Gasteiger partial charge in [0.1, 0.15) is 11.6 Å². The lowest BCUT2D eigenvalue weighted by molar-refractivity contribution is -0.120. The number of anilines is 3. The smallest absolute Gasteiger partial charge is 0.233 e. The Morgan fingerprint density at radius 2 is 2.08 bits per heavy atom. The topological polar surface area (TPSA) is 106 Å². The number of benzene rings is 1. The van der Waals surface area contributed by atoms with E-state index in [1.54, 1.807) is 25.1 Å². The third kappa shape index (κ3) is 6.03. The Bertz CT molecular complexity index is 740. The highest BCUT2D eigenvalue weighted by molar-refractivity contribution is 7.99. The van der Waals surface area contributed by atoms with Crippen LogP contribution in [0.15, 0.2) is 36.9 Å². The molecule has 0 fully saturated rings. The number of amides is 1. The molecular weight excluding hydrogens is 343 g/mol. The summed E-state index contributed by atoms with van der Waals surface area (Å²) >= 11 is 1.38. The van der Waals surface area contributed by atoms with E-state index >= 15 is 0 Å². The van der Waals surface area contributed by atoms with Gasteiger partial charge < -0.3 is 16.4 Å². The molecule has 1 aromatic carbocycles. The SMILES string of the molecule is C=CCNC(=O)C(C)SCc1nc(N)nc(Nc2ccc(F)cc2)n1. The lowest BCUT2D eigenvalue weighted by Crippen LogP contribution is -2.31. The second-order valence-corrected chi connectivity index (χ2v) is 6.38. The van der Waals surface area contributed by atoms with Crippen LogP contribution in [0.4, 0.5) is 22.0 Å². The van der Waals surface area contributed by atoms with Crippen LogP contribution in [0, 0.1) is 5.82 Å². The number of nitrogens with one attached hydrogen (secondary N) is 2. The van der Waals surface area contributed by atoms with E-state index in [0.29, 0.717) is 23.8 Å². The number of nitrogen functional groups attached to an aromatic ring is 1. The Balaban J connectivity index is 1.99. The zero-order valence-corrected chi connectivity index (χ0v) is 14.5. The molecule has 0 bridgehead atoms. The van der Waals surface area contributed by atoms with Crippen molar-refractivity contribution < 1.29 is 9.18 Å². The maximum Gasteiger partial charge on any atom is 0.233 e. The predicted molar refractivity (Wildman–Crippen MR) is 97.9 cm³/mol. The average molecular weight is 362 g/mol. The van der Waals surface area contributed by atoms with Crippen LogP contribution >= 0.6 is 11.8 Å². The molecule has 25 heavy (non-hydrogen) atoms. The highest BCUT2D eigenvalue weighted by Gasteiger charge is 2.14. The monoisotopic (exact) mass is 362 g/mol. The highest BCUT2D eigenvalue weighted by Crippen LogP contribution is 2.18. The minimum Gasteiger partial charge on any atom is -0.368 e. The van der Waals surface area contributed by atoms with Gasteiger partial charge in [-0.15, -0.1) is 18.3 Å². The fourth-order valence-corrected chi connectivity index (χ4v) is 2.58. The molecule has 4 N–H and O–H groups in total. The van der Waals surface area contributed by atoms with Crippen LogP contribution in [0.5, 0.6) is 0 Å². The molecule has 0 aliphatic carbocycles. The van der Waals surface area contributed by atoms with Gasteiger partial charge in [-0.2, -0.15) is 15.0 Å². The summed E-state index contributed by atoms with van der Waals surface area (Å²) in [7, 11) is 0. The Morgan fingerprint density at radius 1 is 1.36 bits per heavy atom. The number of aromatic nitrogens is 3. The van der Waals surface area contributed by atoms with Gasteiger partial charge in [0.25, 0.3) is 0 Å². The molecule has 1 unspecified atom stereocenters. The first-order chi connectivity index (χ1) is 12.0. The largest absolute Gasteiger partial charge is 0.368 e. The molecule has 9 heteroatoms. The van der Waals surface area contributed by atoms with Crippen molar-refractivity contribution in [2.75, 3.05) is 17.6 Å². The molecule has 0 aliphatic rings. The maximum absolute atomic E-state index is 12.9. The summed E-state index contributed by atoms with van der Waals surface area (Å²) in [6.45, 7) is 5.78. The first kappa shape index (κ1) is 18.7. The molecule has 1 atom stereocenters. The van der Waals surface area contributed by atoms with Crippen LogP contribution in [0.2, 0.25) is 0 Å². The van der Waals surface area contributed by atoms with E-state index < -0.39 is 0 Å². The molecule has 2 aromatic rings. The number of nitrogens with zero attached hydrogens (tertiary/aromatic N) is 3. The van der Waals surface area contributed by atoms with E-state index in [1.165, 1.54) is 23.9 Å². The maximum atomic E-state index is 12.9. The number of thioether (sulfide) groups is 1. The van der Waals surface area contributed by atoms with Gasteiger partial charge in [0, 0.05) is 12.2 Å². The van der Waals surface area contributed by atoms with E-state index in [0.717, 1.165) is 0 Å². The molecule has 0 saturated heterocycles. The van der Waals surface area contributed by atoms with E-state index in [-0.39, 0.29) is 28.9 Å². The minimum atomic E-state index is -0.332. The Morgan fingerprint density at radius 3 is 2.76 bits per heavy atom. The zero-order valence-electron chi connectivity index (χ0n) is 13.7. The number of rotatable bonds is 8. The van der Waals surface area contributed by atoms with Crippen LogP contribution in [-0.2, 0) is 10.5 Å². The average Bonchev–Trinajstić information content (AvgIpc) is 2.59. The standard InChI is InChI=1S/C16H19FN6OS/c1-3-8-19-14(24)10(2)25-9-13-21-15(18)23-16(22-13)20-12-6-4-11(17)5-7-12/h3-7,10H,1,8-9H2,2H3,(H,19,24)(H3,18,20,21,22,23). The summed E-state index contributed by atoms with van der Waals surface area (Å²) in [5.41, 5.74) is 6.33. The molecule has 0 saturated carbocycles. The number of hydrogen-bond donors (Lipinski definition) is 3. The Labute approximate surface area is 149 Å². The van der Waals surface area contributed by atoms with E-state index in [4.69, 9.17) is 5.73 Å². The summed E-state index contributed by atoms with van der Waals surface area (Å²) < 4.78 is 12.9. The van der Waals surface area contributed by atoms with Crippen molar-refractivity contribution >= 4 is 35.3 Å². The van der Waals surface area contributed by atoms with Crippen LogP contribution < -0.4 is 16.4 Å². The van der Waals surface area contributed by atoms with Crippen LogP contribution in [0.25, 0.3) is 0 Å². The van der Waals surface area contributed by atoms with Gasteiger partial charge in [-0.05, 0) is 31.2 Å². The number of halogens is 1. The second kappa shape index (κ2) is 8.97. The van der Waals surface area contributed by atoms with Gasteiger partial charge in [-0.1, -0.05) is 6.08 Å². The number of hydrogen-bond acceptors (Lipinski definition) is 7. The van der Waals surface area contributed by atoms with Gasteiger partial charge in [0.2, 0.25) is 17.8 Å². The molecular formula is C16H19FN6OS. The third-order valence-corrected chi connectivity index (χ3v) is 4.19. The Hall–Kier alpha value is -2.68. The lowest BCUT2D eigenvalue weighted by Gasteiger charge is -2.11. The number of nitrogens with two attached hydrogens (primary N) is 1. The molecule has 0 aliphatic heterocycles. The fraction of sp³-hybridized carbons (Fsp3) is 0.250. The molecule has 0 spiro atoms. The fourth-order valence-electron chi connectivity index (χ4n) is 1.81. The van der Waals surface area contributed by atoms with Crippen molar-refractivity contribution in [1.29, 1.82) is 0 Å². The molecule has 132 valence electrons. The van der Waals surface area contributed by atoms with Crippen molar-refractivity contribution in [2.45, 2.75) is 17.9 Å². The zero-order chi connectivity index (χ0) is 18.2. The summed E-state index contributed by atoms with van der Waals surface area (Å²) in [4.78, 5) is 24.2. The van der Waals surface area contributed by atoms with Gasteiger partial charge in [-0.3, -0.25) is 4.79 Å². The minimum absolute atomic E-state index is 0.0685. The molecule has 2 rings (SSSR count). The normalized spacial score (nSPS) is 11.6. The van der Waals surface area contributed by atoms with Crippen molar-refractivity contribution in [3.63, 3.8) is 0 Å². The Kier molecular flexibility index (Phi) is 6.70. The van der Waals surface area contributed by atoms with E-state index in [9.17, 15) is 9.18 Å². The lowest BCUT2D eigenvalue weighted by atomic mass is 10.3. The van der Waals surface area contributed by atoms with Crippen molar-refractivity contribution in [2.24, 2.45) is 0 Å². The first-order valence-electron chi connectivity index (χ1n) is 7.51. The summed E-state index contributed by atoms with van der Waals surface area (Å²) in [5, 5.41) is 5.40. The quantitative estimate of drug-likeness (QED) is 0.619. The van der Waals surface area contributed by atoms with Crippen molar-refractivity contribution in [3.05, 3.63) is 48.6 Å². The molecule has 7 nitrogen and oxygen atoms in total. The van der Waals surface area contributed by atoms with Gasteiger partial charge >= 0.3 is 0 Å². The van der Waals surface area contributed by atoms with Crippen LogP contribution in [0.3, 0.4) is 0 Å². The third-order valence-electron chi connectivity index (χ3n) is 3.05. The number of carbonyl (C=O) groups excluding carboxylic acids is 1. The van der Waals surface area contributed by atoms with Gasteiger partial charge in [-0.25, -0.2) is 4.39 Å². The van der Waals surface area contributed by atoms with Crippen LogP contribution in [-0.4, -0.2) is 32.7 Å². The van der Waals surface area contributed by atoms with Crippen LogP contribution in [0.1, 0.15) is 12.7 Å². The summed E-state index contributed by atoms with van der Waals surface area (Å²) in [6.07, 6.45) is 1.62. The number of carbonyl (C=O) groups is 1. The van der Waals surface area contributed by atoms with Crippen molar-refractivity contribution in [1.82, 2.24) is 20.3 Å². The summed E-state index contributed by atoms with van der Waals surface area (Å²) in [5.74, 6) is 0.758. The predicted octanol–water partition coefficient (Wildman–Crippen LogP) is 2.26. The molecule has 1 heterocycles. The van der Waals surface area contributed by atoms with Gasteiger partial charge in [0.15, 0.2) is 0 Å². The summed E-state index contributed by atoms with van der Waals surface area (Å²) in [6, 6.07) is 5.78. The first-order valence-corrected chi connectivity index (χ1v) is 8.56. The second-order valence-electron chi connectivity index (χ2n) is 5.05. The molecule has 1 aromatic heterocycles. The molecule has 1 amide bonds. The van der Waals surface area contributed by atoms with E-state index in [1.807, 2.05) is 0 Å². The van der Waals surface area contributed by atoms with E-state index in [2.05, 4.69) is 32.2 Å². The van der Waals surface area contributed by atoms with Crippen molar-refractivity contribution in [3.8, 4) is 0 Å².